The maximum absolute atomic E-state index is 13.7. The number of hydrogen-bond acceptors (Lipinski definition) is 3. The SMILES string of the molecule is CNC[C@@H](Cc1ccc2ccccc2c1)N(C)C[C@@H](Cc1cn(C)c2ccccc12)NC(=O)c1ccc(-c2ccccc2)cc1. The highest BCUT2D eigenvalue weighted by molar-refractivity contribution is 5.95. The zero-order valence-electron chi connectivity index (χ0n) is 26.4. The topological polar surface area (TPSA) is 49.3 Å². The third kappa shape index (κ3) is 7.17. The average molecular weight is 595 g/mol. The summed E-state index contributed by atoms with van der Waals surface area (Å²) in [5, 5.41) is 10.6. The summed E-state index contributed by atoms with van der Waals surface area (Å²) in [5.74, 6) is -0.0482. The Bertz CT molecular complexity index is 1880. The summed E-state index contributed by atoms with van der Waals surface area (Å²) in [6.45, 7) is 1.57. The summed E-state index contributed by atoms with van der Waals surface area (Å²) < 4.78 is 2.18. The number of aromatic nitrogens is 1. The van der Waals surface area contributed by atoms with E-state index >= 15 is 0 Å². The standard InChI is InChI=1S/C40H42N4O/c1-41-26-37(24-29-17-18-31-13-7-8-14-34(31)23-29)43(2)28-36(25-35-27-44(3)39-16-10-9-15-38(35)39)42-40(45)33-21-19-32(20-22-33)30-11-5-4-6-12-30/h4-23,27,36-37,41H,24-26,28H2,1-3H3,(H,42,45)/t36-,37-/m1/s1. The first-order chi connectivity index (χ1) is 22.0. The van der Waals surface area contributed by atoms with Crippen LogP contribution in [0, 0.1) is 0 Å². The van der Waals surface area contributed by atoms with Crippen molar-refractivity contribution in [2.24, 2.45) is 7.05 Å². The third-order valence-electron chi connectivity index (χ3n) is 8.89. The monoisotopic (exact) mass is 594 g/mol. The first-order valence-corrected chi connectivity index (χ1v) is 15.8. The van der Waals surface area contributed by atoms with E-state index < -0.39 is 0 Å². The van der Waals surface area contributed by atoms with Crippen LogP contribution in [0.2, 0.25) is 0 Å². The van der Waals surface area contributed by atoms with Crippen molar-refractivity contribution in [1.29, 1.82) is 0 Å². The highest BCUT2D eigenvalue weighted by Gasteiger charge is 2.23. The van der Waals surface area contributed by atoms with Gasteiger partial charge < -0.3 is 15.2 Å². The van der Waals surface area contributed by atoms with Crippen LogP contribution in [0.4, 0.5) is 0 Å². The van der Waals surface area contributed by atoms with Crippen molar-refractivity contribution in [1.82, 2.24) is 20.1 Å². The van der Waals surface area contributed by atoms with Crippen LogP contribution in [0.1, 0.15) is 21.5 Å². The Labute approximate surface area is 266 Å². The van der Waals surface area contributed by atoms with Gasteiger partial charge in [-0.15, -0.1) is 0 Å². The van der Waals surface area contributed by atoms with Gasteiger partial charge in [0.05, 0.1) is 0 Å². The molecule has 228 valence electrons. The molecule has 5 heteroatoms. The molecule has 0 saturated carbocycles. The molecule has 0 fully saturated rings. The fourth-order valence-corrected chi connectivity index (χ4v) is 6.48. The molecule has 0 radical (unpaired) electrons. The number of carbonyl (C=O) groups is 1. The molecule has 0 bridgehead atoms. The van der Waals surface area contributed by atoms with Crippen LogP contribution in [-0.4, -0.2) is 54.6 Å². The minimum atomic E-state index is -0.0851. The summed E-state index contributed by atoms with van der Waals surface area (Å²) in [6, 6.07) is 42.1. The number of rotatable bonds is 12. The van der Waals surface area contributed by atoms with Crippen molar-refractivity contribution in [3.8, 4) is 11.1 Å². The maximum Gasteiger partial charge on any atom is 0.251 e. The minimum absolute atomic E-state index is 0.0482. The van der Waals surface area contributed by atoms with E-state index in [2.05, 4.69) is 119 Å². The fraction of sp³-hybridized carbons (Fsp3) is 0.225. The van der Waals surface area contributed by atoms with E-state index in [1.165, 1.54) is 32.8 Å². The zero-order chi connectivity index (χ0) is 31.2. The summed E-state index contributed by atoms with van der Waals surface area (Å²) >= 11 is 0. The average Bonchev–Trinajstić information content (AvgIpc) is 3.39. The number of para-hydroxylation sites is 1. The Balaban J connectivity index is 1.23. The Hall–Kier alpha value is -4.71. The van der Waals surface area contributed by atoms with Crippen molar-refractivity contribution < 1.29 is 4.79 Å². The zero-order valence-corrected chi connectivity index (χ0v) is 26.4. The molecule has 6 aromatic rings. The highest BCUT2D eigenvalue weighted by atomic mass is 16.1. The Morgan fingerprint density at radius 3 is 2.24 bits per heavy atom. The molecule has 1 amide bonds. The number of benzene rings is 5. The molecule has 0 saturated heterocycles. The fourth-order valence-electron chi connectivity index (χ4n) is 6.48. The summed E-state index contributed by atoms with van der Waals surface area (Å²) in [7, 11) is 6.28. The van der Waals surface area contributed by atoms with Gasteiger partial charge in [0.2, 0.25) is 0 Å². The van der Waals surface area contributed by atoms with Crippen LogP contribution in [0.15, 0.2) is 128 Å². The van der Waals surface area contributed by atoms with Gasteiger partial charge in [-0.2, -0.15) is 0 Å². The molecule has 1 heterocycles. The van der Waals surface area contributed by atoms with E-state index in [0.29, 0.717) is 5.56 Å². The molecular weight excluding hydrogens is 552 g/mol. The van der Waals surface area contributed by atoms with E-state index in [1.807, 2.05) is 49.5 Å². The molecular formula is C40H42N4O. The van der Waals surface area contributed by atoms with Gasteiger partial charge in [0.25, 0.3) is 5.91 Å². The van der Waals surface area contributed by atoms with Gasteiger partial charge >= 0.3 is 0 Å². The molecule has 2 N–H and O–H groups in total. The van der Waals surface area contributed by atoms with E-state index in [0.717, 1.165) is 37.1 Å². The van der Waals surface area contributed by atoms with Crippen LogP contribution in [-0.2, 0) is 19.9 Å². The Morgan fingerprint density at radius 2 is 1.47 bits per heavy atom. The summed E-state index contributed by atoms with van der Waals surface area (Å²) in [5.41, 5.74) is 6.67. The molecule has 5 nitrogen and oxygen atoms in total. The van der Waals surface area contributed by atoms with Crippen LogP contribution in [0.25, 0.3) is 32.8 Å². The van der Waals surface area contributed by atoms with Crippen LogP contribution >= 0.6 is 0 Å². The molecule has 2 atom stereocenters. The van der Waals surface area contributed by atoms with Crippen LogP contribution in [0.3, 0.4) is 0 Å². The van der Waals surface area contributed by atoms with Crippen molar-refractivity contribution in [3.05, 3.63) is 144 Å². The van der Waals surface area contributed by atoms with Gasteiger partial charge in [-0.05, 0) is 78.2 Å². The minimum Gasteiger partial charge on any atom is -0.350 e. The van der Waals surface area contributed by atoms with Crippen LogP contribution in [0.5, 0.6) is 0 Å². The molecule has 0 aliphatic rings. The first kappa shape index (κ1) is 30.3. The van der Waals surface area contributed by atoms with E-state index in [4.69, 9.17) is 0 Å². The van der Waals surface area contributed by atoms with Gasteiger partial charge in [0.15, 0.2) is 0 Å². The number of hydrogen-bond donors (Lipinski definition) is 2. The first-order valence-electron chi connectivity index (χ1n) is 15.8. The highest BCUT2D eigenvalue weighted by Crippen LogP contribution is 2.24. The number of fused-ring (bicyclic) bond motifs is 2. The Morgan fingerprint density at radius 1 is 0.778 bits per heavy atom. The predicted octanol–water partition coefficient (Wildman–Crippen LogP) is 7.10. The van der Waals surface area contributed by atoms with E-state index in [1.54, 1.807) is 0 Å². The lowest BCUT2D eigenvalue weighted by Gasteiger charge is -2.32. The van der Waals surface area contributed by atoms with E-state index in [-0.39, 0.29) is 18.0 Å². The second-order valence-electron chi connectivity index (χ2n) is 12.1. The van der Waals surface area contributed by atoms with Gasteiger partial charge in [-0.25, -0.2) is 0 Å². The molecule has 5 aromatic carbocycles. The van der Waals surface area contributed by atoms with Crippen molar-refractivity contribution in [2.45, 2.75) is 24.9 Å². The largest absolute Gasteiger partial charge is 0.350 e. The number of nitrogens with zero attached hydrogens (tertiary/aromatic N) is 2. The molecule has 45 heavy (non-hydrogen) atoms. The van der Waals surface area contributed by atoms with Gasteiger partial charge in [0, 0.05) is 54.9 Å². The molecule has 6 rings (SSSR count). The van der Waals surface area contributed by atoms with Gasteiger partial charge in [-0.3, -0.25) is 9.69 Å². The maximum atomic E-state index is 13.7. The number of carbonyl (C=O) groups excluding carboxylic acids is 1. The molecule has 0 unspecified atom stereocenters. The molecule has 0 spiro atoms. The number of nitrogens with one attached hydrogen (secondary N) is 2. The van der Waals surface area contributed by atoms with Gasteiger partial charge in [-0.1, -0.05) is 103 Å². The summed E-state index contributed by atoms with van der Waals surface area (Å²) in [6.07, 6.45) is 3.86. The lowest BCUT2D eigenvalue weighted by atomic mass is 9.99. The van der Waals surface area contributed by atoms with Crippen molar-refractivity contribution in [3.63, 3.8) is 0 Å². The molecule has 1 aromatic heterocycles. The van der Waals surface area contributed by atoms with Crippen LogP contribution < -0.4 is 10.6 Å². The predicted molar refractivity (Wildman–Crippen MR) is 188 cm³/mol. The normalized spacial score (nSPS) is 12.9. The second kappa shape index (κ2) is 13.9. The smallest absolute Gasteiger partial charge is 0.251 e. The quantitative estimate of drug-likeness (QED) is 0.159. The Kier molecular flexibility index (Phi) is 9.39. The lowest BCUT2D eigenvalue weighted by Crippen LogP contribution is -2.49. The second-order valence-corrected chi connectivity index (χ2v) is 12.1. The number of amides is 1. The van der Waals surface area contributed by atoms with E-state index in [9.17, 15) is 4.79 Å². The lowest BCUT2D eigenvalue weighted by molar-refractivity contribution is 0.0921. The third-order valence-corrected chi connectivity index (χ3v) is 8.89. The summed E-state index contributed by atoms with van der Waals surface area (Å²) in [4.78, 5) is 16.1. The molecule has 0 aliphatic carbocycles. The number of aryl methyl sites for hydroxylation is 1. The van der Waals surface area contributed by atoms with Crippen molar-refractivity contribution in [2.75, 3.05) is 27.2 Å². The molecule has 0 aliphatic heterocycles. The van der Waals surface area contributed by atoms with Crippen molar-refractivity contribution >= 4 is 27.6 Å². The number of likely N-dealkylation sites (N-methyl/N-ethyl adjacent to an activating group) is 2. The van der Waals surface area contributed by atoms with Gasteiger partial charge in [0.1, 0.15) is 0 Å².